The van der Waals surface area contributed by atoms with E-state index in [-0.39, 0.29) is 5.91 Å². The Hall–Kier alpha value is -1.79. The van der Waals surface area contributed by atoms with Gasteiger partial charge < -0.3 is 10.2 Å². The minimum atomic E-state index is -1.40. The summed E-state index contributed by atoms with van der Waals surface area (Å²) >= 11 is 0. The summed E-state index contributed by atoms with van der Waals surface area (Å²) in [5.74, 6) is -4.45. The Morgan fingerprint density at radius 2 is 2.12 bits per heavy atom. The van der Waals surface area contributed by atoms with Crippen molar-refractivity contribution in [2.75, 3.05) is 18.9 Å². The molecule has 1 aromatic rings. The fourth-order valence-electron chi connectivity index (χ4n) is 1.67. The summed E-state index contributed by atoms with van der Waals surface area (Å²) in [4.78, 5) is 16.1. The lowest BCUT2D eigenvalue weighted by Crippen LogP contribution is -2.31. The molecule has 0 aliphatic carbocycles. The van der Waals surface area contributed by atoms with Crippen LogP contribution in [0.25, 0.3) is 0 Å². The van der Waals surface area contributed by atoms with Crippen molar-refractivity contribution in [2.45, 2.75) is 12.5 Å². The second kappa shape index (κ2) is 4.23. The zero-order valence-corrected chi connectivity index (χ0v) is 9.01. The summed E-state index contributed by atoms with van der Waals surface area (Å²) in [5.41, 5.74) is 0. The monoisotopic (exact) mass is 245 g/mol. The van der Waals surface area contributed by atoms with Gasteiger partial charge in [0.15, 0.2) is 17.5 Å². The molecule has 0 spiro atoms. The van der Waals surface area contributed by atoms with Crippen molar-refractivity contribution in [3.05, 3.63) is 23.6 Å². The quantitative estimate of drug-likeness (QED) is 0.795. The molecule has 1 fully saturated rings. The minimum absolute atomic E-state index is 0.226. The second-order valence-corrected chi connectivity index (χ2v) is 3.84. The maximum atomic E-state index is 13.3. The number of hydrogen-bond donors (Lipinski definition) is 1. The van der Waals surface area contributed by atoms with Gasteiger partial charge in [0.1, 0.15) is 6.04 Å². The number of rotatable bonds is 2. The lowest BCUT2D eigenvalue weighted by Gasteiger charge is -2.13. The van der Waals surface area contributed by atoms with Crippen LogP contribution in [0.15, 0.2) is 6.07 Å². The molecule has 0 bridgehead atoms. The highest BCUT2D eigenvalue weighted by Crippen LogP contribution is 2.18. The maximum Gasteiger partial charge on any atom is 0.251 e. The molecule has 7 heteroatoms. The van der Waals surface area contributed by atoms with Crippen LogP contribution in [0.4, 0.5) is 19.0 Å². The van der Waals surface area contributed by atoms with Gasteiger partial charge in [-0.2, -0.15) is 9.37 Å². The topological polar surface area (TPSA) is 45.2 Å². The van der Waals surface area contributed by atoms with E-state index in [0.717, 1.165) is 0 Å². The van der Waals surface area contributed by atoms with Gasteiger partial charge in [-0.1, -0.05) is 0 Å². The highest BCUT2D eigenvalue weighted by molar-refractivity contribution is 5.86. The first kappa shape index (κ1) is 11.7. The molecule has 1 aromatic heterocycles. The standard InChI is InChI=1S/C10H10F3N3O/c1-16-3-2-7(10(16)17)14-9-6(12)4-5(11)8(13)15-9/h4,7H,2-3H2,1H3,(H,14,15). The summed E-state index contributed by atoms with van der Waals surface area (Å²) in [5, 5.41) is 2.47. The van der Waals surface area contributed by atoms with Crippen molar-refractivity contribution in [3.8, 4) is 0 Å². The number of aromatic nitrogens is 1. The number of likely N-dealkylation sites (N-methyl/N-ethyl adjacent to an activating group) is 1. The Morgan fingerprint density at radius 1 is 1.41 bits per heavy atom. The Morgan fingerprint density at radius 3 is 2.71 bits per heavy atom. The second-order valence-electron chi connectivity index (χ2n) is 3.84. The summed E-state index contributed by atoms with van der Waals surface area (Å²) in [6.45, 7) is 0.530. The molecule has 17 heavy (non-hydrogen) atoms. The van der Waals surface area contributed by atoms with E-state index in [4.69, 9.17) is 0 Å². The maximum absolute atomic E-state index is 13.3. The zero-order valence-electron chi connectivity index (χ0n) is 9.01. The average molecular weight is 245 g/mol. The van der Waals surface area contributed by atoms with Gasteiger partial charge in [-0.15, -0.1) is 0 Å². The molecule has 4 nitrogen and oxygen atoms in total. The van der Waals surface area contributed by atoms with Crippen molar-refractivity contribution >= 4 is 11.7 Å². The van der Waals surface area contributed by atoms with Gasteiger partial charge >= 0.3 is 0 Å². The van der Waals surface area contributed by atoms with E-state index in [1.54, 1.807) is 7.05 Å². The number of halogens is 3. The molecule has 1 N–H and O–H groups in total. The van der Waals surface area contributed by atoms with Crippen molar-refractivity contribution in [3.63, 3.8) is 0 Å². The number of carbonyl (C=O) groups is 1. The van der Waals surface area contributed by atoms with Gasteiger partial charge in [-0.25, -0.2) is 8.78 Å². The van der Waals surface area contributed by atoms with Crippen LogP contribution in [0.1, 0.15) is 6.42 Å². The van der Waals surface area contributed by atoms with Crippen molar-refractivity contribution in [1.29, 1.82) is 0 Å². The molecular formula is C10H10F3N3O. The number of pyridine rings is 1. The fourth-order valence-corrected chi connectivity index (χ4v) is 1.67. The van der Waals surface area contributed by atoms with Crippen molar-refractivity contribution in [2.24, 2.45) is 0 Å². The Bertz CT molecular complexity index is 466. The summed E-state index contributed by atoms with van der Waals surface area (Å²) < 4.78 is 38.7. The fraction of sp³-hybridized carbons (Fsp3) is 0.400. The average Bonchev–Trinajstić information content (AvgIpc) is 2.58. The Kier molecular flexibility index (Phi) is 2.91. The van der Waals surface area contributed by atoms with Crippen LogP contribution >= 0.6 is 0 Å². The van der Waals surface area contributed by atoms with E-state index in [2.05, 4.69) is 10.3 Å². The van der Waals surface area contributed by atoms with E-state index in [1.165, 1.54) is 4.90 Å². The summed E-state index contributed by atoms with van der Waals surface area (Å²) in [6, 6.07) is -0.250. The molecule has 1 amide bonds. The van der Waals surface area contributed by atoms with Crippen LogP contribution < -0.4 is 5.32 Å². The van der Waals surface area contributed by atoms with Crippen molar-refractivity contribution < 1.29 is 18.0 Å². The molecule has 1 unspecified atom stereocenters. The largest absolute Gasteiger partial charge is 0.356 e. The molecule has 0 saturated carbocycles. The third-order valence-corrected chi connectivity index (χ3v) is 2.63. The van der Waals surface area contributed by atoms with Crippen LogP contribution in [-0.2, 0) is 4.79 Å². The highest BCUT2D eigenvalue weighted by Gasteiger charge is 2.30. The van der Waals surface area contributed by atoms with E-state index in [0.29, 0.717) is 19.0 Å². The summed E-state index contributed by atoms with van der Waals surface area (Å²) in [6.07, 6.45) is 0.468. The van der Waals surface area contributed by atoms with Crippen LogP contribution in [0.5, 0.6) is 0 Å². The first-order valence-corrected chi connectivity index (χ1v) is 5.02. The van der Waals surface area contributed by atoms with E-state index in [1.807, 2.05) is 0 Å². The van der Waals surface area contributed by atoms with Gasteiger partial charge in [-0.3, -0.25) is 4.79 Å². The number of hydrogen-bond acceptors (Lipinski definition) is 3. The van der Waals surface area contributed by atoms with Gasteiger partial charge in [0.25, 0.3) is 5.95 Å². The SMILES string of the molecule is CN1CCC(Nc2nc(F)c(F)cc2F)C1=O. The molecule has 1 atom stereocenters. The molecule has 0 aromatic carbocycles. The number of nitrogens with zero attached hydrogens (tertiary/aromatic N) is 2. The van der Waals surface area contributed by atoms with Gasteiger partial charge in [0.05, 0.1) is 0 Å². The van der Waals surface area contributed by atoms with Crippen molar-refractivity contribution in [1.82, 2.24) is 9.88 Å². The lowest BCUT2D eigenvalue weighted by atomic mass is 10.2. The highest BCUT2D eigenvalue weighted by atomic mass is 19.2. The molecule has 1 aliphatic rings. The van der Waals surface area contributed by atoms with E-state index in [9.17, 15) is 18.0 Å². The minimum Gasteiger partial charge on any atom is -0.356 e. The van der Waals surface area contributed by atoms with Crippen LogP contribution in [-0.4, -0.2) is 35.4 Å². The molecular weight excluding hydrogens is 235 g/mol. The predicted molar refractivity (Wildman–Crippen MR) is 53.8 cm³/mol. The van der Waals surface area contributed by atoms with Crippen LogP contribution in [0, 0.1) is 17.6 Å². The first-order chi connectivity index (χ1) is 7.99. The van der Waals surface area contributed by atoms with Gasteiger partial charge in [0, 0.05) is 19.7 Å². The number of nitrogens with one attached hydrogen (secondary N) is 1. The molecule has 0 radical (unpaired) electrons. The number of carbonyl (C=O) groups excluding carboxylic acids is 1. The van der Waals surface area contributed by atoms with Gasteiger partial charge in [-0.05, 0) is 6.42 Å². The smallest absolute Gasteiger partial charge is 0.251 e. The molecule has 2 heterocycles. The lowest BCUT2D eigenvalue weighted by molar-refractivity contribution is -0.127. The number of likely N-dealkylation sites (tertiary alicyclic amines) is 1. The molecule has 1 saturated heterocycles. The first-order valence-electron chi connectivity index (χ1n) is 5.02. The Labute approximate surface area is 95.4 Å². The molecule has 2 rings (SSSR count). The Balaban J connectivity index is 2.19. The zero-order chi connectivity index (χ0) is 12.6. The van der Waals surface area contributed by atoms with E-state index < -0.39 is 29.4 Å². The normalized spacial score (nSPS) is 19.9. The number of amides is 1. The summed E-state index contributed by atoms with van der Waals surface area (Å²) in [7, 11) is 1.61. The third-order valence-electron chi connectivity index (χ3n) is 2.63. The van der Waals surface area contributed by atoms with Crippen LogP contribution in [0.3, 0.4) is 0 Å². The van der Waals surface area contributed by atoms with Crippen LogP contribution in [0.2, 0.25) is 0 Å². The molecule has 92 valence electrons. The van der Waals surface area contributed by atoms with Gasteiger partial charge in [0.2, 0.25) is 5.91 Å². The molecule has 1 aliphatic heterocycles. The predicted octanol–water partition coefficient (Wildman–Crippen LogP) is 1.14. The number of anilines is 1. The third kappa shape index (κ3) is 2.17. The van der Waals surface area contributed by atoms with E-state index >= 15 is 0 Å².